The lowest BCUT2D eigenvalue weighted by Gasteiger charge is -2.21. The summed E-state index contributed by atoms with van der Waals surface area (Å²) in [6, 6.07) is 0. The van der Waals surface area contributed by atoms with Gasteiger partial charge in [0.2, 0.25) is 0 Å². The predicted molar refractivity (Wildman–Crippen MR) is 55.1 cm³/mol. The quantitative estimate of drug-likeness (QED) is 0.693. The van der Waals surface area contributed by atoms with Crippen LogP contribution in [0.1, 0.15) is 44.9 Å². The number of Topliss-reactive ketones (excluding diaryl/α,β-unsaturated/α-hetero) is 1. The minimum absolute atomic E-state index is 0.490. The zero-order valence-electron chi connectivity index (χ0n) is 8.84. The van der Waals surface area contributed by atoms with E-state index >= 15 is 0 Å². The molecule has 0 spiro atoms. The second-order valence-electron chi connectivity index (χ2n) is 4.81. The smallest absolute Gasteiger partial charge is 0.133 e. The van der Waals surface area contributed by atoms with Gasteiger partial charge in [0.05, 0.1) is 0 Å². The molecule has 1 heterocycles. The van der Waals surface area contributed by atoms with Crippen LogP contribution < -0.4 is 0 Å². The summed E-state index contributed by atoms with van der Waals surface area (Å²) in [7, 11) is 0. The maximum atomic E-state index is 11.2. The Labute approximate surface area is 86.0 Å². The zero-order chi connectivity index (χ0) is 9.80. The molecule has 1 aliphatic carbocycles. The van der Waals surface area contributed by atoms with Gasteiger partial charge in [-0.25, -0.2) is 0 Å². The van der Waals surface area contributed by atoms with Crippen LogP contribution in [0.2, 0.25) is 0 Å². The molecule has 14 heavy (non-hydrogen) atoms. The van der Waals surface area contributed by atoms with Crippen molar-refractivity contribution in [1.29, 1.82) is 0 Å². The Hall–Kier alpha value is -0.370. The molecule has 2 nitrogen and oxygen atoms in total. The number of ketones is 1. The van der Waals surface area contributed by atoms with Crippen molar-refractivity contribution < 1.29 is 9.53 Å². The second kappa shape index (κ2) is 4.92. The van der Waals surface area contributed by atoms with E-state index in [-0.39, 0.29) is 0 Å². The van der Waals surface area contributed by atoms with Gasteiger partial charge in [0.15, 0.2) is 0 Å². The van der Waals surface area contributed by atoms with Crippen LogP contribution in [0.4, 0.5) is 0 Å². The molecule has 1 saturated carbocycles. The summed E-state index contributed by atoms with van der Waals surface area (Å²) in [4.78, 5) is 11.2. The number of rotatable bonds is 3. The van der Waals surface area contributed by atoms with Crippen molar-refractivity contribution in [2.24, 2.45) is 11.8 Å². The van der Waals surface area contributed by atoms with Crippen LogP contribution in [0.5, 0.6) is 0 Å². The van der Waals surface area contributed by atoms with Crippen LogP contribution in [-0.4, -0.2) is 19.0 Å². The molecule has 2 rings (SSSR count). The molecule has 0 aromatic heterocycles. The van der Waals surface area contributed by atoms with Gasteiger partial charge in [-0.2, -0.15) is 0 Å². The van der Waals surface area contributed by atoms with Gasteiger partial charge in [0.1, 0.15) is 5.78 Å². The van der Waals surface area contributed by atoms with Crippen LogP contribution >= 0.6 is 0 Å². The van der Waals surface area contributed by atoms with Gasteiger partial charge in [0.25, 0.3) is 0 Å². The number of hydrogen-bond donors (Lipinski definition) is 0. The van der Waals surface area contributed by atoms with E-state index in [0.717, 1.165) is 38.4 Å². The first-order valence-corrected chi connectivity index (χ1v) is 5.94. The largest absolute Gasteiger partial charge is 0.381 e. The number of hydrogen-bond acceptors (Lipinski definition) is 2. The average molecular weight is 196 g/mol. The lowest BCUT2D eigenvalue weighted by Crippen LogP contribution is -2.16. The van der Waals surface area contributed by atoms with E-state index in [9.17, 15) is 4.79 Å². The molecule has 0 amide bonds. The van der Waals surface area contributed by atoms with Gasteiger partial charge in [-0.1, -0.05) is 0 Å². The first-order chi connectivity index (χ1) is 6.84. The zero-order valence-corrected chi connectivity index (χ0v) is 8.84. The number of ether oxygens (including phenoxy) is 1. The topological polar surface area (TPSA) is 26.3 Å². The molecular weight excluding hydrogens is 176 g/mol. The Kier molecular flexibility index (Phi) is 3.57. The third-order valence-electron chi connectivity index (χ3n) is 3.59. The van der Waals surface area contributed by atoms with Crippen molar-refractivity contribution in [3.8, 4) is 0 Å². The summed E-state index contributed by atoms with van der Waals surface area (Å²) >= 11 is 0. The van der Waals surface area contributed by atoms with Crippen molar-refractivity contribution in [3.63, 3.8) is 0 Å². The van der Waals surface area contributed by atoms with Crippen LogP contribution in [0.3, 0.4) is 0 Å². The van der Waals surface area contributed by atoms with Gasteiger partial charge < -0.3 is 4.74 Å². The third kappa shape index (κ3) is 2.81. The first kappa shape index (κ1) is 10.2. The van der Waals surface area contributed by atoms with Gasteiger partial charge in [-0.05, 0) is 43.9 Å². The van der Waals surface area contributed by atoms with E-state index in [2.05, 4.69) is 0 Å². The van der Waals surface area contributed by atoms with Crippen LogP contribution in [0, 0.1) is 11.8 Å². The van der Waals surface area contributed by atoms with E-state index in [1.807, 2.05) is 0 Å². The first-order valence-electron chi connectivity index (χ1n) is 5.94. The van der Waals surface area contributed by atoms with E-state index in [0.29, 0.717) is 11.7 Å². The normalized spacial score (nSPS) is 33.6. The highest BCUT2D eigenvalue weighted by Crippen LogP contribution is 2.28. The molecule has 0 aromatic carbocycles. The molecule has 80 valence electrons. The van der Waals surface area contributed by atoms with E-state index in [4.69, 9.17) is 4.74 Å². The summed E-state index contributed by atoms with van der Waals surface area (Å²) in [5, 5.41) is 0. The van der Waals surface area contributed by atoms with Crippen molar-refractivity contribution in [1.82, 2.24) is 0 Å². The van der Waals surface area contributed by atoms with Crippen molar-refractivity contribution >= 4 is 5.78 Å². The highest BCUT2D eigenvalue weighted by atomic mass is 16.5. The lowest BCUT2D eigenvalue weighted by atomic mass is 9.83. The minimum atomic E-state index is 0.490. The van der Waals surface area contributed by atoms with Crippen molar-refractivity contribution in [3.05, 3.63) is 0 Å². The van der Waals surface area contributed by atoms with Gasteiger partial charge in [-0.3, -0.25) is 4.79 Å². The molecule has 2 unspecified atom stereocenters. The Morgan fingerprint density at radius 2 is 2.07 bits per heavy atom. The van der Waals surface area contributed by atoms with Crippen molar-refractivity contribution in [2.45, 2.75) is 44.9 Å². The molecule has 2 fully saturated rings. The Morgan fingerprint density at radius 1 is 1.21 bits per heavy atom. The molecule has 2 heteroatoms. The molecular formula is C12H20O2. The number of carbonyl (C=O) groups excluding carboxylic acids is 1. The minimum Gasteiger partial charge on any atom is -0.381 e. The number of carbonyl (C=O) groups is 1. The fourth-order valence-electron chi connectivity index (χ4n) is 2.64. The molecule has 0 aromatic rings. The maximum Gasteiger partial charge on any atom is 0.133 e. The van der Waals surface area contributed by atoms with E-state index in [1.54, 1.807) is 0 Å². The molecule has 2 atom stereocenters. The second-order valence-corrected chi connectivity index (χ2v) is 4.81. The predicted octanol–water partition coefficient (Wildman–Crippen LogP) is 2.56. The standard InChI is InChI=1S/C12H20O2/c13-12-3-1-2-10(8-12)4-5-11-6-7-14-9-11/h10-11H,1-9H2. The van der Waals surface area contributed by atoms with Crippen LogP contribution in [0.25, 0.3) is 0 Å². The molecule has 0 radical (unpaired) electrons. The SMILES string of the molecule is O=C1CCCC(CCC2CCOC2)C1. The molecule has 0 bridgehead atoms. The highest BCUT2D eigenvalue weighted by molar-refractivity contribution is 5.79. The summed E-state index contributed by atoms with van der Waals surface area (Å²) < 4.78 is 5.35. The fraction of sp³-hybridized carbons (Fsp3) is 0.917. The highest BCUT2D eigenvalue weighted by Gasteiger charge is 2.22. The molecule has 1 aliphatic heterocycles. The summed E-state index contributed by atoms with van der Waals surface area (Å²) in [5.74, 6) is 1.97. The third-order valence-corrected chi connectivity index (χ3v) is 3.59. The van der Waals surface area contributed by atoms with E-state index < -0.39 is 0 Å². The van der Waals surface area contributed by atoms with Crippen LogP contribution in [-0.2, 0) is 9.53 Å². The molecule has 1 saturated heterocycles. The Bertz CT molecular complexity index is 194. The summed E-state index contributed by atoms with van der Waals surface area (Å²) in [6.45, 7) is 1.91. The monoisotopic (exact) mass is 196 g/mol. The van der Waals surface area contributed by atoms with E-state index in [1.165, 1.54) is 25.7 Å². The molecule has 0 N–H and O–H groups in total. The van der Waals surface area contributed by atoms with Gasteiger partial charge >= 0.3 is 0 Å². The van der Waals surface area contributed by atoms with Crippen molar-refractivity contribution in [2.75, 3.05) is 13.2 Å². The summed E-state index contributed by atoms with van der Waals surface area (Å²) in [5.41, 5.74) is 0. The molecule has 2 aliphatic rings. The fourth-order valence-corrected chi connectivity index (χ4v) is 2.64. The average Bonchev–Trinajstić information content (AvgIpc) is 2.67. The van der Waals surface area contributed by atoms with Gasteiger partial charge in [0, 0.05) is 26.1 Å². The lowest BCUT2D eigenvalue weighted by molar-refractivity contribution is -0.121. The Morgan fingerprint density at radius 3 is 2.79 bits per heavy atom. The Balaban J connectivity index is 1.66. The van der Waals surface area contributed by atoms with Crippen LogP contribution in [0.15, 0.2) is 0 Å². The maximum absolute atomic E-state index is 11.2. The summed E-state index contributed by atoms with van der Waals surface area (Å²) in [6.07, 6.45) is 7.86. The van der Waals surface area contributed by atoms with Gasteiger partial charge in [-0.15, -0.1) is 0 Å².